The lowest BCUT2D eigenvalue weighted by molar-refractivity contribution is 0.0320. The molecule has 0 atom stereocenters. The Balaban J connectivity index is 1.87. The molecule has 0 aliphatic carbocycles. The molecule has 2 aromatic carbocycles. The first-order valence-corrected chi connectivity index (χ1v) is 10.9. The van der Waals surface area contributed by atoms with Crippen LogP contribution < -0.4 is 18.9 Å². The minimum absolute atomic E-state index is 0.517. The van der Waals surface area contributed by atoms with Gasteiger partial charge in [-0.25, -0.2) is 0 Å². The minimum Gasteiger partial charge on any atom is -0.493 e. The number of nitrogens with zero attached hydrogens (tertiary/aromatic N) is 1. The number of rotatable bonds is 12. The quantitative estimate of drug-likeness (QED) is 0.448. The van der Waals surface area contributed by atoms with E-state index in [1.165, 1.54) is 0 Å². The summed E-state index contributed by atoms with van der Waals surface area (Å²) in [4.78, 5) is 2.32. The van der Waals surface area contributed by atoms with Crippen LogP contribution in [0.25, 0.3) is 0 Å². The molecule has 1 aliphatic heterocycles. The highest BCUT2D eigenvalue weighted by atomic mass is 16.5. The lowest BCUT2D eigenvalue weighted by atomic mass is 10.1. The van der Waals surface area contributed by atoms with Gasteiger partial charge in [0.1, 0.15) is 6.61 Å². The molecule has 0 spiro atoms. The van der Waals surface area contributed by atoms with Crippen molar-refractivity contribution >= 4 is 0 Å². The highest BCUT2D eigenvalue weighted by Gasteiger charge is 2.18. The van der Waals surface area contributed by atoms with Crippen molar-refractivity contribution < 1.29 is 23.7 Å². The average Bonchev–Trinajstić information content (AvgIpc) is 2.82. The van der Waals surface area contributed by atoms with Crippen LogP contribution in [0.5, 0.6) is 28.7 Å². The Morgan fingerprint density at radius 2 is 1.53 bits per heavy atom. The van der Waals surface area contributed by atoms with Gasteiger partial charge in [0.05, 0.1) is 27.4 Å². The molecular formula is C26H33NO5. The first-order valence-electron chi connectivity index (χ1n) is 10.9. The first kappa shape index (κ1) is 23.7. The summed E-state index contributed by atoms with van der Waals surface area (Å²) in [6, 6.07) is 9.79. The van der Waals surface area contributed by atoms with Crippen molar-refractivity contribution in [2.75, 3.05) is 53.7 Å². The average molecular weight is 440 g/mol. The number of benzene rings is 2. The Labute approximate surface area is 191 Å². The summed E-state index contributed by atoms with van der Waals surface area (Å²) in [7, 11) is 3.27. The van der Waals surface area contributed by atoms with Crippen molar-refractivity contribution in [2.45, 2.75) is 12.8 Å². The predicted molar refractivity (Wildman–Crippen MR) is 127 cm³/mol. The Morgan fingerprint density at radius 3 is 2.22 bits per heavy atom. The van der Waals surface area contributed by atoms with Gasteiger partial charge in [-0.15, -0.1) is 13.2 Å². The third-order valence-corrected chi connectivity index (χ3v) is 5.27. The number of morpholine rings is 1. The SMILES string of the molecule is C=CCc1ccc(Oc2cc(CC=C)cc(OC)c2OCCN2CCOCC2)c(OC)c1. The molecule has 0 bridgehead atoms. The topological polar surface area (TPSA) is 49.4 Å². The Hall–Kier alpha value is -2.96. The van der Waals surface area contributed by atoms with E-state index >= 15 is 0 Å². The fourth-order valence-electron chi connectivity index (χ4n) is 3.60. The number of ether oxygens (including phenoxy) is 5. The molecule has 1 fully saturated rings. The highest BCUT2D eigenvalue weighted by molar-refractivity contribution is 5.57. The molecule has 2 aromatic rings. The summed E-state index contributed by atoms with van der Waals surface area (Å²) >= 11 is 0. The third kappa shape index (κ3) is 6.28. The second-order valence-electron chi connectivity index (χ2n) is 7.50. The van der Waals surface area contributed by atoms with Crippen molar-refractivity contribution in [3.8, 4) is 28.7 Å². The molecule has 0 saturated carbocycles. The molecule has 1 aliphatic rings. The summed E-state index contributed by atoms with van der Waals surface area (Å²) in [5.41, 5.74) is 2.12. The maximum Gasteiger partial charge on any atom is 0.204 e. The predicted octanol–water partition coefficient (Wildman–Crippen LogP) is 4.66. The Kier molecular flexibility index (Phi) is 9.01. The van der Waals surface area contributed by atoms with E-state index in [2.05, 4.69) is 18.1 Å². The maximum atomic E-state index is 6.31. The molecule has 6 heteroatoms. The smallest absolute Gasteiger partial charge is 0.204 e. The van der Waals surface area contributed by atoms with Gasteiger partial charge in [0.25, 0.3) is 0 Å². The molecule has 0 amide bonds. The van der Waals surface area contributed by atoms with E-state index in [1.807, 2.05) is 42.5 Å². The standard InChI is InChI=1S/C26H33NO5/c1-5-7-20-9-10-22(23(17-20)28-3)32-25-19-21(8-6-2)18-24(29-4)26(25)31-16-13-27-11-14-30-15-12-27/h5-6,9-10,17-19H,1-2,7-8,11-16H2,3-4H3. The van der Waals surface area contributed by atoms with Crippen LogP contribution in [0.1, 0.15) is 11.1 Å². The number of hydrogen-bond donors (Lipinski definition) is 0. The molecule has 32 heavy (non-hydrogen) atoms. The van der Waals surface area contributed by atoms with E-state index in [9.17, 15) is 0 Å². The van der Waals surface area contributed by atoms with Crippen LogP contribution in [-0.2, 0) is 17.6 Å². The van der Waals surface area contributed by atoms with Crippen LogP contribution in [0.2, 0.25) is 0 Å². The summed E-state index contributed by atoms with van der Waals surface area (Å²) in [6.45, 7) is 12.3. The molecule has 6 nitrogen and oxygen atoms in total. The Bertz CT molecular complexity index is 905. The molecular weight excluding hydrogens is 406 g/mol. The van der Waals surface area contributed by atoms with E-state index in [0.717, 1.165) is 50.4 Å². The van der Waals surface area contributed by atoms with Gasteiger partial charge < -0.3 is 23.7 Å². The number of methoxy groups -OCH3 is 2. The van der Waals surface area contributed by atoms with E-state index in [4.69, 9.17) is 23.7 Å². The largest absolute Gasteiger partial charge is 0.493 e. The second kappa shape index (κ2) is 12.2. The summed E-state index contributed by atoms with van der Waals surface area (Å²) in [5.74, 6) is 3.04. The summed E-state index contributed by atoms with van der Waals surface area (Å²) < 4.78 is 29.1. The normalized spacial score (nSPS) is 13.9. The number of allylic oxidation sites excluding steroid dienone is 2. The highest BCUT2D eigenvalue weighted by Crippen LogP contribution is 2.43. The van der Waals surface area contributed by atoms with Gasteiger partial charge in [-0.1, -0.05) is 18.2 Å². The lowest BCUT2D eigenvalue weighted by Crippen LogP contribution is -2.38. The van der Waals surface area contributed by atoms with Crippen molar-refractivity contribution in [1.29, 1.82) is 0 Å². The van der Waals surface area contributed by atoms with Gasteiger partial charge in [0, 0.05) is 19.6 Å². The summed E-state index contributed by atoms with van der Waals surface area (Å²) in [6.07, 6.45) is 5.16. The van der Waals surface area contributed by atoms with Gasteiger partial charge in [-0.3, -0.25) is 4.90 Å². The molecule has 0 unspecified atom stereocenters. The molecule has 0 N–H and O–H groups in total. The lowest BCUT2D eigenvalue weighted by Gasteiger charge is -2.26. The van der Waals surface area contributed by atoms with Crippen LogP contribution in [0, 0.1) is 0 Å². The second-order valence-corrected chi connectivity index (χ2v) is 7.50. The van der Waals surface area contributed by atoms with Gasteiger partial charge in [0.15, 0.2) is 23.0 Å². The van der Waals surface area contributed by atoms with Crippen LogP contribution in [0.4, 0.5) is 0 Å². The monoisotopic (exact) mass is 439 g/mol. The molecule has 1 heterocycles. The van der Waals surface area contributed by atoms with Crippen molar-refractivity contribution in [2.24, 2.45) is 0 Å². The summed E-state index contributed by atoms with van der Waals surface area (Å²) in [5, 5.41) is 0. The van der Waals surface area contributed by atoms with Crippen molar-refractivity contribution in [3.63, 3.8) is 0 Å². The van der Waals surface area contributed by atoms with Crippen LogP contribution in [-0.4, -0.2) is 58.6 Å². The molecule has 172 valence electrons. The van der Waals surface area contributed by atoms with Crippen LogP contribution in [0.15, 0.2) is 55.6 Å². The third-order valence-electron chi connectivity index (χ3n) is 5.27. The Morgan fingerprint density at radius 1 is 0.875 bits per heavy atom. The number of hydrogen-bond acceptors (Lipinski definition) is 6. The van der Waals surface area contributed by atoms with Crippen molar-refractivity contribution in [1.82, 2.24) is 4.90 Å². The fourth-order valence-corrected chi connectivity index (χ4v) is 3.60. The van der Waals surface area contributed by atoms with Crippen LogP contribution >= 0.6 is 0 Å². The molecule has 0 radical (unpaired) electrons. The van der Waals surface area contributed by atoms with Gasteiger partial charge in [0.2, 0.25) is 5.75 Å². The zero-order chi connectivity index (χ0) is 22.8. The zero-order valence-electron chi connectivity index (χ0n) is 19.1. The van der Waals surface area contributed by atoms with Gasteiger partial charge in [-0.05, 0) is 48.2 Å². The van der Waals surface area contributed by atoms with Gasteiger partial charge >= 0.3 is 0 Å². The fraction of sp³-hybridized carbons (Fsp3) is 0.385. The van der Waals surface area contributed by atoms with Crippen LogP contribution in [0.3, 0.4) is 0 Å². The van der Waals surface area contributed by atoms with E-state index in [0.29, 0.717) is 41.8 Å². The molecule has 0 aromatic heterocycles. The zero-order valence-corrected chi connectivity index (χ0v) is 19.1. The molecule has 1 saturated heterocycles. The van der Waals surface area contributed by atoms with Crippen molar-refractivity contribution in [3.05, 3.63) is 66.8 Å². The van der Waals surface area contributed by atoms with E-state index < -0.39 is 0 Å². The van der Waals surface area contributed by atoms with E-state index in [1.54, 1.807) is 14.2 Å². The molecule has 3 rings (SSSR count). The minimum atomic E-state index is 0.517. The van der Waals surface area contributed by atoms with E-state index in [-0.39, 0.29) is 0 Å². The maximum absolute atomic E-state index is 6.31. The van der Waals surface area contributed by atoms with Gasteiger partial charge in [-0.2, -0.15) is 0 Å². The first-order chi connectivity index (χ1) is 15.7.